The van der Waals surface area contributed by atoms with E-state index in [2.05, 4.69) is 68.6 Å². The van der Waals surface area contributed by atoms with E-state index in [1.165, 1.54) is 49.0 Å². The molecule has 0 saturated carbocycles. The molecule has 154 valence electrons. The predicted octanol–water partition coefficient (Wildman–Crippen LogP) is 4.79. The van der Waals surface area contributed by atoms with Crippen LogP contribution < -0.4 is 0 Å². The molecule has 0 spiro atoms. The van der Waals surface area contributed by atoms with Crippen LogP contribution in [0.5, 0.6) is 0 Å². The lowest BCUT2D eigenvalue weighted by Gasteiger charge is -2.43. The van der Waals surface area contributed by atoms with Gasteiger partial charge in [-0.3, -0.25) is 9.80 Å². The molecule has 0 N–H and O–H groups in total. The molecule has 0 amide bonds. The quantitative estimate of drug-likeness (QED) is 0.709. The van der Waals surface area contributed by atoms with Crippen LogP contribution in [0.2, 0.25) is 0 Å². The molecular formula is C24H37N3O. The molecule has 0 atom stereocenters. The van der Waals surface area contributed by atoms with E-state index in [0.717, 1.165) is 36.7 Å². The summed E-state index contributed by atoms with van der Waals surface area (Å²) in [5, 5.41) is 5.66. The third kappa shape index (κ3) is 3.73. The summed E-state index contributed by atoms with van der Waals surface area (Å²) in [6.07, 6.45) is 4.78. The van der Waals surface area contributed by atoms with Gasteiger partial charge in [-0.1, -0.05) is 32.0 Å². The van der Waals surface area contributed by atoms with E-state index in [9.17, 15) is 0 Å². The molecular weight excluding hydrogens is 346 g/mol. The molecule has 1 aromatic carbocycles. The molecule has 3 heterocycles. The Bertz CT molecular complexity index is 832. The summed E-state index contributed by atoms with van der Waals surface area (Å²) in [4.78, 5) is 5.38. The van der Waals surface area contributed by atoms with Crippen molar-refractivity contribution in [1.82, 2.24) is 15.0 Å². The highest BCUT2D eigenvalue weighted by atomic mass is 16.5. The summed E-state index contributed by atoms with van der Waals surface area (Å²) in [6.45, 7) is 18.4. The van der Waals surface area contributed by atoms with Crippen LogP contribution in [-0.4, -0.2) is 52.7 Å². The fourth-order valence-corrected chi connectivity index (χ4v) is 5.05. The third-order valence-corrected chi connectivity index (χ3v) is 6.80. The van der Waals surface area contributed by atoms with Crippen LogP contribution in [0.1, 0.15) is 71.2 Å². The number of benzene rings is 1. The Labute approximate surface area is 170 Å². The van der Waals surface area contributed by atoms with Gasteiger partial charge in [0.1, 0.15) is 0 Å². The number of aromatic nitrogens is 1. The number of likely N-dealkylation sites (tertiary alicyclic amines) is 1. The first kappa shape index (κ1) is 19.9. The van der Waals surface area contributed by atoms with Crippen LogP contribution in [0, 0.1) is 0 Å². The maximum Gasteiger partial charge on any atom is 0.170 e. The Kier molecular flexibility index (Phi) is 5.08. The van der Waals surface area contributed by atoms with Crippen LogP contribution in [0.15, 0.2) is 16.7 Å². The lowest BCUT2D eigenvalue weighted by Crippen LogP contribution is -2.51. The molecule has 2 aromatic rings. The molecule has 0 unspecified atom stereocenters. The fraction of sp³-hybridized carbons (Fsp3) is 0.708. The van der Waals surface area contributed by atoms with E-state index < -0.39 is 0 Å². The van der Waals surface area contributed by atoms with Crippen molar-refractivity contribution >= 4 is 11.0 Å². The van der Waals surface area contributed by atoms with Gasteiger partial charge in [0.05, 0.1) is 5.69 Å². The van der Waals surface area contributed by atoms with E-state index in [1.54, 1.807) is 0 Å². The Balaban J connectivity index is 1.50. The van der Waals surface area contributed by atoms with Crippen LogP contribution >= 0.6 is 0 Å². The van der Waals surface area contributed by atoms with Gasteiger partial charge in [-0.05, 0) is 58.1 Å². The normalized spacial score (nSPS) is 21.1. The molecule has 1 fully saturated rings. The minimum absolute atomic E-state index is 0.0112. The SMILES string of the molecule is CC(C)(C)c1noc2c3c(ccc12)CCN(C1CCN(C(C)(C)C)CC1)CC3. The average molecular weight is 384 g/mol. The van der Waals surface area contributed by atoms with Crippen molar-refractivity contribution in [2.45, 2.75) is 84.2 Å². The number of hydrogen-bond donors (Lipinski definition) is 0. The summed E-state index contributed by atoms with van der Waals surface area (Å²) < 4.78 is 5.89. The van der Waals surface area contributed by atoms with Crippen molar-refractivity contribution < 1.29 is 4.52 Å². The van der Waals surface area contributed by atoms with E-state index in [0.29, 0.717) is 5.54 Å². The largest absolute Gasteiger partial charge is 0.356 e. The first-order valence-corrected chi connectivity index (χ1v) is 11.0. The zero-order valence-electron chi connectivity index (χ0n) is 18.6. The number of fused-ring (bicyclic) bond motifs is 3. The maximum atomic E-state index is 5.89. The Morgan fingerprint density at radius 1 is 0.929 bits per heavy atom. The average Bonchev–Trinajstić information content (AvgIpc) is 2.95. The van der Waals surface area contributed by atoms with E-state index in [4.69, 9.17) is 4.52 Å². The van der Waals surface area contributed by atoms with Gasteiger partial charge in [-0.15, -0.1) is 0 Å². The molecule has 0 aliphatic carbocycles. The van der Waals surface area contributed by atoms with Crippen molar-refractivity contribution in [2.24, 2.45) is 0 Å². The molecule has 4 heteroatoms. The van der Waals surface area contributed by atoms with Gasteiger partial charge in [-0.2, -0.15) is 0 Å². The highest BCUT2D eigenvalue weighted by molar-refractivity contribution is 5.84. The molecule has 2 aliphatic rings. The molecule has 28 heavy (non-hydrogen) atoms. The van der Waals surface area contributed by atoms with E-state index in [-0.39, 0.29) is 5.41 Å². The molecule has 4 nitrogen and oxygen atoms in total. The number of nitrogens with zero attached hydrogens (tertiary/aromatic N) is 3. The molecule has 1 saturated heterocycles. The summed E-state index contributed by atoms with van der Waals surface area (Å²) >= 11 is 0. The minimum Gasteiger partial charge on any atom is -0.356 e. The second-order valence-electron chi connectivity index (χ2n) is 10.8. The van der Waals surface area contributed by atoms with Gasteiger partial charge in [0.2, 0.25) is 0 Å². The summed E-state index contributed by atoms with van der Waals surface area (Å²) in [7, 11) is 0. The van der Waals surface area contributed by atoms with Crippen molar-refractivity contribution in [2.75, 3.05) is 26.2 Å². The van der Waals surface area contributed by atoms with Crippen molar-refractivity contribution in [3.05, 3.63) is 29.0 Å². The number of piperidine rings is 1. The topological polar surface area (TPSA) is 32.5 Å². The molecule has 0 bridgehead atoms. The fourth-order valence-electron chi connectivity index (χ4n) is 5.05. The Morgan fingerprint density at radius 2 is 1.61 bits per heavy atom. The highest BCUT2D eigenvalue weighted by Gasteiger charge is 2.31. The maximum absolute atomic E-state index is 5.89. The van der Waals surface area contributed by atoms with E-state index in [1.807, 2.05) is 0 Å². The van der Waals surface area contributed by atoms with Crippen LogP contribution in [0.4, 0.5) is 0 Å². The van der Waals surface area contributed by atoms with Gasteiger partial charge >= 0.3 is 0 Å². The summed E-state index contributed by atoms with van der Waals surface area (Å²) in [5.41, 5.74) is 5.28. The zero-order chi connectivity index (χ0) is 20.1. The van der Waals surface area contributed by atoms with E-state index >= 15 is 0 Å². The predicted molar refractivity (Wildman–Crippen MR) is 116 cm³/mol. The lowest BCUT2D eigenvalue weighted by molar-refractivity contribution is 0.0579. The molecule has 1 aromatic heterocycles. The van der Waals surface area contributed by atoms with Crippen LogP contribution in [-0.2, 0) is 18.3 Å². The Morgan fingerprint density at radius 3 is 2.25 bits per heavy atom. The first-order chi connectivity index (χ1) is 13.1. The zero-order valence-corrected chi connectivity index (χ0v) is 18.6. The minimum atomic E-state index is 0.0112. The van der Waals surface area contributed by atoms with Crippen LogP contribution in [0.25, 0.3) is 11.0 Å². The molecule has 4 rings (SSSR count). The van der Waals surface area contributed by atoms with Gasteiger partial charge in [0, 0.05) is 54.1 Å². The van der Waals surface area contributed by atoms with Crippen LogP contribution in [0.3, 0.4) is 0 Å². The number of rotatable bonds is 1. The smallest absolute Gasteiger partial charge is 0.170 e. The second kappa shape index (κ2) is 7.14. The Hall–Kier alpha value is -1.39. The summed E-state index contributed by atoms with van der Waals surface area (Å²) in [6, 6.07) is 5.29. The van der Waals surface area contributed by atoms with Gasteiger partial charge in [0.15, 0.2) is 5.58 Å². The first-order valence-electron chi connectivity index (χ1n) is 11.0. The monoisotopic (exact) mass is 383 g/mol. The van der Waals surface area contributed by atoms with Gasteiger partial charge < -0.3 is 4.52 Å². The molecule has 0 radical (unpaired) electrons. The standard InChI is InChI=1S/C24H37N3O/c1-23(2,3)22-20-8-7-17-9-13-26(14-12-19(17)21(20)28-25-22)18-10-15-27(16-11-18)24(4,5)6/h7-8,18H,9-16H2,1-6H3. The third-order valence-electron chi connectivity index (χ3n) is 6.80. The van der Waals surface area contributed by atoms with Crippen molar-refractivity contribution in [1.29, 1.82) is 0 Å². The molecule has 2 aliphatic heterocycles. The highest BCUT2D eigenvalue weighted by Crippen LogP contribution is 2.34. The van der Waals surface area contributed by atoms with Crippen molar-refractivity contribution in [3.63, 3.8) is 0 Å². The second-order valence-corrected chi connectivity index (χ2v) is 10.8. The lowest BCUT2D eigenvalue weighted by atomic mass is 9.88. The van der Waals surface area contributed by atoms with Gasteiger partial charge in [0.25, 0.3) is 0 Å². The van der Waals surface area contributed by atoms with Gasteiger partial charge in [-0.25, -0.2) is 0 Å². The summed E-state index contributed by atoms with van der Waals surface area (Å²) in [5.74, 6) is 0. The van der Waals surface area contributed by atoms with Crippen molar-refractivity contribution in [3.8, 4) is 0 Å². The number of hydrogen-bond acceptors (Lipinski definition) is 4.